The van der Waals surface area contributed by atoms with Gasteiger partial charge >= 0.3 is 0 Å². The molecule has 1 N–H and O–H groups in total. The van der Waals surface area contributed by atoms with Gasteiger partial charge in [-0.25, -0.2) is 13.1 Å². The van der Waals surface area contributed by atoms with Crippen LogP contribution in [0.2, 0.25) is 0 Å². The maximum absolute atomic E-state index is 11.9. The summed E-state index contributed by atoms with van der Waals surface area (Å²) < 4.78 is 38.0. The van der Waals surface area contributed by atoms with Crippen LogP contribution in [0, 0.1) is 12.8 Å². The van der Waals surface area contributed by atoms with E-state index in [4.69, 9.17) is 9.47 Å². The molecule has 2 atom stereocenters. The predicted octanol–water partition coefficient (Wildman–Crippen LogP) is 2.78. The highest BCUT2D eigenvalue weighted by molar-refractivity contribution is 7.89. The minimum atomic E-state index is -3.24. The number of aromatic nitrogens is 1. The summed E-state index contributed by atoms with van der Waals surface area (Å²) in [6.07, 6.45) is 2.52. The van der Waals surface area contributed by atoms with Crippen molar-refractivity contribution in [1.82, 2.24) is 9.71 Å². The molecule has 0 spiro atoms. The van der Waals surface area contributed by atoms with Gasteiger partial charge in [0.15, 0.2) is 0 Å². The summed E-state index contributed by atoms with van der Waals surface area (Å²) in [5.74, 6) is 0.815. The van der Waals surface area contributed by atoms with Gasteiger partial charge in [-0.2, -0.15) is 0 Å². The monoisotopic (exact) mass is 390 g/mol. The molecule has 0 saturated carbocycles. The summed E-state index contributed by atoms with van der Waals surface area (Å²) in [5, 5.41) is 0. The van der Waals surface area contributed by atoms with Gasteiger partial charge in [0.2, 0.25) is 10.0 Å². The number of benzene rings is 1. The molecule has 1 aromatic carbocycles. The molecule has 0 unspecified atom stereocenters. The van der Waals surface area contributed by atoms with E-state index in [0.29, 0.717) is 26.2 Å². The van der Waals surface area contributed by atoms with E-state index in [0.717, 1.165) is 22.6 Å². The van der Waals surface area contributed by atoms with Crippen LogP contribution in [-0.2, 0) is 14.8 Å². The van der Waals surface area contributed by atoms with Crippen molar-refractivity contribution in [1.29, 1.82) is 0 Å². The molecule has 0 amide bonds. The fourth-order valence-corrected chi connectivity index (χ4v) is 3.95. The topological polar surface area (TPSA) is 77.5 Å². The Morgan fingerprint density at radius 1 is 1.19 bits per heavy atom. The highest BCUT2D eigenvalue weighted by Crippen LogP contribution is 2.23. The van der Waals surface area contributed by atoms with Gasteiger partial charge in [-0.1, -0.05) is 18.2 Å². The quantitative estimate of drug-likeness (QED) is 0.787. The fourth-order valence-electron chi connectivity index (χ4n) is 3.02. The number of pyridine rings is 1. The number of sulfonamides is 1. The number of aryl methyl sites for hydroxylation is 1. The summed E-state index contributed by atoms with van der Waals surface area (Å²) in [6.45, 7) is 5.06. The summed E-state index contributed by atoms with van der Waals surface area (Å²) >= 11 is 0. The van der Waals surface area contributed by atoms with Gasteiger partial charge in [0, 0.05) is 36.0 Å². The molecule has 0 aliphatic carbocycles. The van der Waals surface area contributed by atoms with Crippen LogP contribution in [0.4, 0.5) is 0 Å². The molecule has 0 bridgehead atoms. The molecule has 1 aromatic heterocycles. The van der Waals surface area contributed by atoms with E-state index in [-0.39, 0.29) is 17.7 Å². The number of nitrogens with one attached hydrogen (secondary N) is 1. The standard InChI is InChI=1S/C20H26N2O4S/c1-3-27(23,24)22-20-10-11-25-13-18(20)14-26-19-8-6-16(7-9-19)17-5-4-15(2)21-12-17/h4-9,12,18,20,22H,3,10-11,13-14H2,1-2H3/t18-,20+/m1/s1. The van der Waals surface area contributed by atoms with Crippen molar-refractivity contribution in [2.24, 2.45) is 5.92 Å². The fraction of sp³-hybridized carbons (Fsp3) is 0.450. The van der Waals surface area contributed by atoms with Crippen molar-refractivity contribution in [2.75, 3.05) is 25.6 Å². The van der Waals surface area contributed by atoms with Crippen molar-refractivity contribution in [3.63, 3.8) is 0 Å². The Morgan fingerprint density at radius 3 is 2.59 bits per heavy atom. The number of ether oxygens (including phenoxy) is 2. The van der Waals surface area contributed by atoms with E-state index in [1.807, 2.05) is 49.5 Å². The Balaban J connectivity index is 1.60. The number of nitrogens with zero attached hydrogens (tertiary/aromatic N) is 1. The molecule has 7 heteroatoms. The van der Waals surface area contributed by atoms with Crippen LogP contribution in [0.15, 0.2) is 42.6 Å². The third kappa shape index (κ3) is 5.51. The molecule has 27 heavy (non-hydrogen) atoms. The Kier molecular flexibility index (Phi) is 6.46. The van der Waals surface area contributed by atoms with E-state index in [2.05, 4.69) is 9.71 Å². The van der Waals surface area contributed by atoms with Gasteiger partial charge < -0.3 is 9.47 Å². The van der Waals surface area contributed by atoms with Crippen LogP contribution in [0.5, 0.6) is 5.75 Å². The molecular weight excluding hydrogens is 364 g/mol. The summed E-state index contributed by atoms with van der Waals surface area (Å²) in [4.78, 5) is 4.32. The zero-order valence-corrected chi connectivity index (χ0v) is 16.5. The van der Waals surface area contributed by atoms with Crippen LogP contribution in [0.25, 0.3) is 11.1 Å². The lowest BCUT2D eigenvalue weighted by Gasteiger charge is -2.31. The van der Waals surface area contributed by atoms with Crippen molar-refractivity contribution < 1.29 is 17.9 Å². The number of hydrogen-bond donors (Lipinski definition) is 1. The Hall–Kier alpha value is -1.96. The molecule has 2 heterocycles. The van der Waals surface area contributed by atoms with Crippen molar-refractivity contribution in [2.45, 2.75) is 26.3 Å². The van der Waals surface area contributed by atoms with Crippen molar-refractivity contribution in [3.05, 3.63) is 48.3 Å². The first-order valence-corrected chi connectivity index (χ1v) is 10.9. The minimum Gasteiger partial charge on any atom is -0.493 e. The number of hydrogen-bond acceptors (Lipinski definition) is 5. The third-order valence-electron chi connectivity index (χ3n) is 4.75. The van der Waals surface area contributed by atoms with Crippen LogP contribution >= 0.6 is 0 Å². The molecule has 146 valence electrons. The largest absolute Gasteiger partial charge is 0.493 e. The Morgan fingerprint density at radius 2 is 1.93 bits per heavy atom. The second kappa shape index (κ2) is 8.82. The van der Waals surface area contributed by atoms with Gasteiger partial charge in [-0.15, -0.1) is 0 Å². The zero-order valence-electron chi connectivity index (χ0n) is 15.7. The molecule has 1 aliphatic heterocycles. The molecule has 6 nitrogen and oxygen atoms in total. The van der Waals surface area contributed by atoms with E-state index >= 15 is 0 Å². The van der Waals surface area contributed by atoms with Crippen molar-refractivity contribution in [3.8, 4) is 16.9 Å². The highest BCUT2D eigenvalue weighted by atomic mass is 32.2. The summed E-state index contributed by atoms with van der Waals surface area (Å²) in [5.41, 5.74) is 3.12. The van der Waals surface area contributed by atoms with Crippen LogP contribution in [-0.4, -0.2) is 45.0 Å². The first kappa shape index (κ1) is 19.8. The maximum atomic E-state index is 11.9. The summed E-state index contributed by atoms with van der Waals surface area (Å²) in [7, 11) is -3.24. The third-order valence-corrected chi connectivity index (χ3v) is 6.17. The molecule has 1 saturated heterocycles. The Bertz CT molecular complexity index is 835. The Labute approximate surface area is 161 Å². The van der Waals surface area contributed by atoms with E-state index in [1.165, 1.54) is 0 Å². The first-order valence-electron chi connectivity index (χ1n) is 9.20. The minimum absolute atomic E-state index is 0.0129. The number of rotatable bonds is 7. The molecule has 0 radical (unpaired) electrons. The average molecular weight is 391 g/mol. The maximum Gasteiger partial charge on any atom is 0.211 e. The molecule has 1 fully saturated rings. The van der Waals surface area contributed by atoms with Gasteiger partial charge in [0.05, 0.1) is 19.0 Å². The van der Waals surface area contributed by atoms with Crippen LogP contribution in [0.3, 0.4) is 0 Å². The van der Waals surface area contributed by atoms with Crippen LogP contribution in [0.1, 0.15) is 19.0 Å². The zero-order chi connectivity index (χ0) is 19.3. The van der Waals surface area contributed by atoms with Gasteiger partial charge in [0.25, 0.3) is 0 Å². The second-order valence-electron chi connectivity index (χ2n) is 6.78. The second-order valence-corrected chi connectivity index (χ2v) is 8.82. The van der Waals surface area contributed by atoms with E-state index < -0.39 is 10.0 Å². The van der Waals surface area contributed by atoms with E-state index in [9.17, 15) is 8.42 Å². The smallest absolute Gasteiger partial charge is 0.211 e. The van der Waals surface area contributed by atoms with Gasteiger partial charge in [0.1, 0.15) is 5.75 Å². The predicted molar refractivity (Wildman–Crippen MR) is 105 cm³/mol. The highest BCUT2D eigenvalue weighted by Gasteiger charge is 2.29. The van der Waals surface area contributed by atoms with Crippen LogP contribution < -0.4 is 9.46 Å². The first-order chi connectivity index (χ1) is 13.0. The molecule has 1 aliphatic rings. The molecule has 2 aromatic rings. The molecule has 3 rings (SSSR count). The summed E-state index contributed by atoms with van der Waals surface area (Å²) in [6, 6.07) is 11.7. The lowest BCUT2D eigenvalue weighted by molar-refractivity contribution is 0.0186. The van der Waals surface area contributed by atoms with Crippen molar-refractivity contribution >= 4 is 10.0 Å². The lowest BCUT2D eigenvalue weighted by Crippen LogP contribution is -2.47. The lowest BCUT2D eigenvalue weighted by atomic mass is 9.98. The van der Waals surface area contributed by atoms with Gasteiger partial charge in [-0.3, -0.25) is 4.98 Å². The normalized spacial score (nSPS) is 20.4. The molecular formula is C20H26N2O4S. The SMILES string of the molecule is CCS(=O)(=O)N[C@H]1CCOC[C@@H]1COc1ccc(-c2ccc(C)nc2)cc1. The van der Waals surface area contributed by atoms with E-state index in [1.54, 1.807) is 6.92 Å². The van der Waals surface area contributed by atoms with Gasteiger partial charge in [-0.05, 0) is 44.0 Å². The average Bonchev–Trinajstić information content (AvgIpc) is 2.68.